The maximum atomic E-state index is 13.5. The highest BCUT2D eigenvalue weighted by Gasteiger charge is 2.36. The van der Waals surface area contributed by atoms with Crippen molar-refractivity contribution >= 4 is 61.6 Å². The molecule has 214 valence electrons. The molecule has 0 atom stereocenters. The van der Waals surface area contributed by atoms with Crippen LogP contribution in [0.5, 0.6) is 5.75 Å². The number of rotatable bonds is 6. The van der Waals surface area contributed by atoms with Crippen LogP contribution in [0.25, 0.3) is 32.2 Å². The highest BCUT2D eigenvalue weighted by atomic mass is 35.5. The molecule has 0 unspecified atom stereocenters. The van der Waals surface area contributed by atoms with E-state index in [4.69, 9.17) is 27.9 Å². The number of nitrogens with zero attached hydrogens (tertiary/aromatic N) is 4. The van der Waals surface area contributed by atoms with Gasteiger partial charge in [-0.05, 0) is 44.2 Å². The SMILES string of the molecule is Cc1cc(-c2cc(Cl)ccc2OCCn2c(C)nc3cc(C(F)(F)F)c(Cl)c(C#N)c3c2=O)c2scc(C(=O)O)c2n1. The third-order valence-electron chi connectivity index (χ3n) is 6.48. The van der Waals surface area contributed by atoms with E-state index in [0.29, 0.717) is 43.9 Å². The van der Waals surface area contributed by atoms with Gasteiger partial charge in [0.25, 0.3) is 5.56 Å². The first-order valence-corrected chi connectivity index (χ1v) is 13.7. The van der Waals surface area contributed by atoms with Crippen LogP contribution < -0.4 is 10.3 Å². The van der Waals surface area contributed by atoms with Gasteiger partial charge in [-0.2, -0.15) is 18.4 Å². The number of nitriles is 1. The van der Waals surface area contributed by atoms with Gasteiger partial charge in [0.15, 0.2) is 0 Å². The van der Waals surface area contributed by atoms with Crippen molar-refractivity contribution in [3.05, 3.63) is 84.3 Å². The molecule has 0 aliphatic rings. The van der Waals surface area contributed by atoms with Crippen molar-refractivity contribution in [2.75, 3.05) is 6.61 Å². The molecule has 0 fully saturated rings. The fourth-order valence-electron chi connectivity index (χ4n) is 4.61. The van der Waals surface area contributed by atoms with E-state index in [9.17, 15) is 33.1 Å². The van der Waals surface area contributed by atoms with E-state index < -0.39 is 33.9 Å². The number of carbonyl (C=O) groups is 1. The summed E-state index contributed by atoms with van der Waals surface area (Å²) in [5.41, 5.74) is -0.694. The molecule has 5 rings (SSSR count). The van der Waals surface area contributed by atoms with E-state index >= 15 is 0 Å². The molecule has 14 heteroatoms. The first kappa shape index (κ1) is 29.3. The largest absolute Gasteiger partial charge is 0.491 e. The van der Waals surface area contributed by atoms with Crippen molar-refractivity contribution in [3.8, 4) is 22.9 Å². The van der Waals surface area contributed by atoms with Gasteiger partial charge in [0.2, 0.25) is 0 Å². The smallest absolute Gasteiger partial charge is 0.417 e. The van der Waals surface area contributed by atoms with Crippen LogP contribution in [-0.4, -0.2) is 32.2 Å². The zero-order valence-electron chi connectivity index (χ0n) is 21.6. The van der Waals surface area contributed by atoms with Crippen molar-refractivity contribution in [2.45, 2.75) is 26.6 Å². The number of benzene rings is 2. The standard InChI is InChI=1S/C28H17Cl2F3N4O4S/c1-12-7-16(25-24(35-12)18(11-42-25)27(39)40)15-8-14(29)3-4-21(15)41-6-5-37-13(2)36-20-9-19(28(31,32)33)23(30)17(10-34)22(20)26(37)38/h3-4,7-9,11H,5-6H2,1-2H3,(H,39,40). The minimum absolute atomic E-state index is 0.0634. The van der Waals surface area contributed by atoms with E-state index in [1.165, 1.54) is 28.2 Å². The lowest BCUT2D eigenvalue weighted by molar-refractivity contribution is -0.137. The Morgan fingerprint density at radius 2 is 1.90 bits per heavy atom. The molecule has 8 nitrogen and oxygen atoms in total. The number of carboxylic acid groups (broad SMARTS) is 1. The molecule has 1 N–H and O–H groups in total. The molecule has 0 bridgehead atoms. The molecular weight excluding hydrogens is 616 g/mol. The zero-order chi connectivity index (χ0) is 30.5. The summed E-state index contributed by atoms with van der Waals surface area (Å²) < 4.78 is 48.3. The Kier molecular flexibility index (Phi) is 7.61. The van der Waals surface area contributed by atoms with Crippen molar-refractivity contribution in [2.24, 2.45) is 0 Å². The topological polar surface area (TPSA) is 118 Å². The number of ether oxygens (including phenoxy) is 1. The van der Waals surface area contributed by atoms with Gasteiger partial charge >= 0.3 is 12.1 Å². The van der Waals surface area contributed by atoms with Crippen LogP contribution in [0.4, 0.5) is 13.2 Å². The predicted molar refractivity (Wildman–Crippen MR) is 153 cm³/mol. The number of pyridine rings is 1. The van der Waals surface area contributed by atoms with Crippen molar-refractivity contribution < 1.29 is 27.8 Å². The number of hydrogen-bond donors (Lipinski definition) is 1. The van der Waals surface area contributed by atoms with Crippen LogP contribution in [-0.2, 0) is 12.7 Å². The van der Waals surface area contributed by atoms with Gasteiger partial charge in [-0.3, -0.25) is 14.3 Å². The Morgan fingerprint density at radius 1 is 1.17 bits per heavy atom. The normalized spacial score (nSPS) is 11.7. The Morgan fingerprint density at radius 3 is 2.57 bits per heavy atom. The van der Waals surface area contributed by atoms with Gasteiger partial charge in [0.05, 0.1) is 49.4 Å². The molecule has 0 spiro atoms. The number of thiophene rings is 1. The number of aromatic carboxylic acids is 1. The van der Waals surface area contributed by atoms with Gasteiger partial charge in [0, 0.05) is 27.2 Å². The summed E-state index contributed by atoms with van der Waals surface area (Å²) >= 11 is 13.4. The van der Waals surface area contributed by atoms with Gasteiger partial charge in [0.1, 0.15) is 24.3 Å². The monoisotopic (exact) mass is 632 g/mol. The van der Waals surface area contributed by atoms with Crippen LogP contribution in [0.1, 0.15) is 33.0 Å². The number of aromatic nitrogens is 3. The third kappa shape index (κ3) is 5.15. The molecule has 3 aromatic heterocycles. The Labute approximate surface area is 249 Å². The number of fused-ring (bicyclic) bond motifs is 2. The number of alkyl halides is 3. The van der Waals surface area contributed by atoms with Crippen LogP contribution in [0.15, 0.2) is 40.5 Å². The molecule has 3 heterocycles. The Balaban J connectivity index is 1.53. The summed E-state index contributed by atoms with van der Waals surface area (Å²) in [7, 11) is 0. The second-order valence-electron chi connectivity index (χ2n) is 9.17. The van der Waals surface area contributed by atoms with Crippen LogP contribution in [0, 0.1) is 25.2 Å². The number of halogens is 5. The summed E-state index contributed by atoms with van der Waals surface area (Å²) in [6, 6.07) is 8.96. The van der Waals surface area contributed by atoms with Gasteiger partial charge in [-0.25, -0.2) is 9.78 Å². The zero-order valence-corrected chi connectivity index (χ0v) is 24.0. The fourth-order valence-corrected chi connectivity index (χ4v) is 6.10. The second kappa shape index (κ2) is 10.9. The molecule has 0 radical (unpaired) electrons. The number of aryl methyl sites for hydroxylation is 2. The van der Waals surface area contributed by atoms with E-state index in [0.717, 1.165) is 0 Å². The molecule has 5 aromatic rings. The highest BCUT2D eigenvalue weighted by Crippen LogP contribution is 2.41. The summed E-state index contributed by atoms with van der Waals surface area (Å²) in [6.07, 6.45) is -4.84. The molecule has 0 aliphatic heterocycles. The molecular formula is C28H17Cl2F3N4O4S. The third-order valence-corrected chi connectivity index (χ3v) is 8.11. The molecule has 0 saturated carbocycles. The van der Waals surface area contributed by atoms with E-state index in [1.54, 1.807) is 37.3 Å². The molecule has 42 heavy (non-hydrogen) atoms. The average molecular weight is 633 g/mol. The molecule has 0 saturated heterocycles. The molecule has 0 aliphatic carbocycles. The van der Waals surface area contributed by atoms with Crippen molar-refractivity contribution in [3.63, 3.8) is 0 Å². The molecule has 2 aromatic carbocycles. The van der Waals surface area contributed by atoms with Crippen molar-refractivity contribution in [1.29, 1.82) is 5.26 Å². The first-order chi connectivity index (χ1) is 19.8. The van der Waals surface area contributed by atoms with Crippen LogP contribution in [0.3, 0.4) is 0 Å². The quantitative estimate of drug-likeness (QED) is 0.209. The van der Waals surface area contributed by atoms with E-state index in [-0.39, 0.29) is 35.4 Å². The minimum Gasteiger partial charge on any atom is -0.491 e. The molecule has 0 amide bonds. The lowest BCUT2D eigenvalue weighted by atomic mass is 10.0. The first-order valence-electron chi connectivity index (χ1n) is 12.1. The lowest BCUT2D eigenvalue weighted by Gasteiger charge is -2.16. The number of carboxylic acids is 1. The predicted octanol–water partition coefficient (Wildman–Crippen LogP) is 7.26. The van der Waals surface area contributed by atoms with Gasteiger partial charge in [-0.15, -0.1) is 11.3 Å². The second-order valence-corrected chi connectivity index (χ2v) is 10.9. The number of hydrogen-bond acceptors (Lipinski definition) is 7. The maximum Gasteiger partial charge on any atom is 0.417 e. The van der Waals surface area contributed by atoms with Crippen LogP contribution >= 0.6 is 34.5 Å². The average Bonchev–Trinajstić information content (AvgIpc) is 3.34. The maximum absolute atomic E-state index is 13.5. The van der Waals surface area contributed by atoms with E-state index in [2.05, 4.69) is 9.97 Å². The fraction of sp³-hybridized carbons (Fsp3) is 0.179. The Hall–Kier alpha value is -4.18. The van der Waals surface area contributed by atoms with E-state index in [1.807, 2.05) is 0 Å². The summed E-state index contributed by atoms with van der Waals surface area (Å²) in [6.45, 7) is 3.05. The lowest BCUT2D eigenvalue weighted by Crippen LogP contribution is -2.27. The van der Waals surface area contributed by atoms with Gasteiger partial charge < -0.3 is 9.84 Å². The minimum atomic E-state index is -4.84. The van der Waals surface area contributed by atoms with Crippen molar-refractivity contribution in [1.82, 2.24) is 14.5 Å². The summed E-state index contributed by atoms with van der Waals surface area (Å²) in [5.74, 6) is -0.613. The van der Waals surface area contributed by atoms with Crippen LogP contribution in [0.2, 0.25) is 10.0 Å². The summed E-state index contributed by atoms with van der Waals surface area (Å²) in [4.78, 5) is 33.6. The van der Waals surface area contributed by atoms with Gasteiger partial charge in [-0.1, -0.05) is 23.2 Å². The summed E-state index contributed by atoms with van der Waals surface area (Å²) in [5, 5.41) is 19.8. The highest BCUT2D eigenvalue weighted by molar-refractivity contribution is 7.18. The Bertz CT molecular complexity index is 2030.